The number of hydrogen-bond acceptors (Lipinski definition) is 4. The summed E-state index contributed by atoms with van der Waals surface area (Å²) in [6, 6.07) is 0. The number of rotatable bonds is 3. The van der Waals surface area contributed by atoms with E-state index in [4.69, 9.17) is 9.47 Å². The molecule has 0 bridgehead atoms. The van der Waals surface area contributed by atoms with Gasteiger partial charge in [0.2, 0.25) is 5.76 Å². The standard InChI is InChI=1S/C13H19NO5/c1-9-4-2-3-5-13(9,12(16)17)14-11(15)10-8-18-6-7-19-10/h8-9H,2-7H2,1H3,(H,14,15)(H,16,17). The van der Waals surface area contributed by atoms with Crippen LogP contribution in [0.15, 0.2) is 12.0 Å². The van der Waals surface area contributed by atoms with Gasteiger partial charge in [-0.2, -0.15) is 0 Å². The zero-order valence-electron chi connectivity index (χ0n) is 11.0. The smallest absolute Gasteiger partial charge is 0.329 e. The molecule has 1 aliphatic heterocycles. The van der Waals surface area contributed by atoms with E-state index in [9.17, 15) is 14.7 Å². The molecule has 1 fully saturated rings. The molecule has 6 heteroatoms. The summed E-state index contributed by atoms with van der Waals surface area (Å²) in [5, 5.41) is 12.1. The van der Waals surface area contributed by atoms with Gasteiger partial charge in [-0.15, -0.1) is 0 Å². The van der Waals surface area contributed by atoms with Crippen molar-refractivity contribution in [3.05, 3.63) is 12.0 Å². The number of carboxylic acids is 1. The Kier molecular flexibility index (Phi) is 3.97. The van der Waals surface area contributed by atoms with Gasteiger partial charge in [-0.3, -0.25) is 4.79 Å². The average Bonchev–Trinajstić information content (AvgIpc) is 2.42. The molecule has 106 valence electrons. The van der Waals surface area contributed by atoms with E-state index in [0.717, 1.165) is 19.3 Å². The maximum Gasteiger partial charge on any atom is 0.329 e. The highest BCUT2D eigenvalue weighted by Crippen LogP contribution is 2.34. The Labute approximate surface area is 111 Å². The molecule has 19 heavy (non-hydrogen) atoms. The highest BCUT2D eigenvalue weighted by atomic mass is 16.6. The molecule has 0 aromatic heterocycles. The van der Waals surface area contributed by atoms with Crippen molar-refractivity contribution in [1.29, 1.82) is 0 Å². The van der Waals surface area contributed by atoms with E-state index in [1.807, 2.05) is 6.92 Å². The second kappa shape index (κ2) is 5.50. The van der Waals surface area contributed by atoms with Gasteiger partial charge in [-0.25, -0.2) is 4.79 Å². The zero-order chi connectivity index (χ0) is 13.9. The second-order valence-electron chi connectivity index (χ2n) is 5.08. The fraction of sp³-hybridized carbons (Fsp3) is 0.692. The minimum Gasteiger partial charge on any atom is -0.494 e. The summed E-state index contributed by atoms with van der Waals surface area (Å²) in [5.74, 6) is -1.56. The molecular formula is C13H19NO5. The first-order valence-electron chi connectivity index (χ1n) is 6.57. The zero-order valence-corrected chi connectivity index (χ0v) is 11.0. The lowest BCUT2D eigenvalue weighted by molar-refractivity contribution is -0.152. The van der Waals surface area contributed by atoms with Crippen molar-refractivity contribution in [3.63, 3.8) is 0 Å². The normalized spacial score (nSPS) is 30.6. The Bertz CT molecular complexity index is 406. The Morgan fingerprint density at radius 1 is 1.42 bits per heavy atom. The van der Waals surface area contributed by atoms with Crippen LogP contribution in [0.3, 0.4) is 0 Å². The first-order valence-corrected chi connectivity index (χ1v) is 6.57. The number of carbonyl (C=O) groups is 2. The van der Waals surface area contributed by atoms with Gasteiger partial charge in [0, 0.05) is 0 Å². The third kappa shape index (κ3) is 2.67. The van der Waals surface area contributed by atoms with Gasteiger partial charge in [-0.05, 0) is 18.8 Å². The maximum atomic E-state index is 12.1. The highest BCUT2D eigenvalue weighted by Gasteiger charge is 2.47. The Morgan fingerprint density at radius 3 is 2.79 bits per heavy atom. The van der Waals surface area contributed by atoms with Crippen molar-refractivity contribution < 1.29 is 24.2 Å². The van der Waals surface area contributed by atoms with Crippen molar-refractivity contribution in [2.75, 3.05) is 13.2 Å². The van der Waals surface area contributed by atoms with Gasteiger partial charge in [-0.1, -0.05) is 19.8 Å². The third-order valence-corrected chi connectivity index (χ3v) is 3.89. The van der Waals surface area contributed by atoms with Gasteiger partial charge < -0.3 is 19.9 Å². The predicted octanol–water partition coefficient (Wildman–Crippen LogP) is 1.02. The summed E-state index contributed by atoms with van der Waals surface area (Å²) < 4.78 is 10.2. The fourth-order valence-electron chi connectivity index (χ4n) is 2.66. The monoisotopic (exact) mass is 269 g/mol. The Hall–Kier alpha value is -1.72. The first-order chi connectivity index (χ1) is 9.06. The minimum atomic E-state index is -1.20. The van der Waals surface area contributed by atoms with E-state index in [1.54, 1.807) is 0 Å². The molecule has 0 saturated heterocycles. The van der Waals surface area contributed by atoms with Crippen molar-refractivity contribution in [2.24, 2.45) is 5.92 Å². The van der Waals surface area contributed by atoms with Crippen LogP contribution in [-0.4, -0.2) is 35.7 Å². The lowest BCUT2D eigenvalue weighted by Gasteiger charge is -2.39. The van der Waals surface area contributed by atoms with Crippen LogP contribution in [-0.2, 0) is 19.1 Å². The van der Waals surface area contributed by atoms with Crippen LogP contribution < -0.4 is 5.32 Å². The molecule has 1 aliphatic carbocycles. The third-order valence-electron chi connectivity index (χ3n) is 3.89. The van der Waals surface area contributed by atoms with Crippen molar-refractivity contribution in [1.82, 2.24) is 5.32 Å². The Balaban J connectivity index is 2.14. The average molecular weight is 269 g/mol. The van der Waals surface area contributed by atoms with Gasteiger partial charge in [0.1, 0.15) is 25.0 Å². The summed E-state index contributed by atoms with van der Waals surface area (Å²) in [5.41, 5.74) is -1.20. The molecule has 6 nitrogen and oxygen atoms in total. The predicted molar refractivity (Wildman–Crippen MR) is 66.1 cm³/mol. The van der Waals surface area contributed by atoms with Crippen molar-refractivity contribution >= 4 is 11.9 Å². The molecule has 2 rings (SSSR count). The van der Waals surface area contributed by atoms with E-state index < -0.39 is 17.4 Å². The molecule has 2 aliphatic rings. The number of amides is 1. The maximum absolute atomic E-state index is 12.1. The number of hydrogen-bond donors (Lipinski definition) is 2. The summed E-state index contributed by atoms with van der Waals surface area (Å²) in [6.45, 7) is 2.56. The van der Waals surface area contributed by atoms with Crippen LogP contribution in [0.2, 0.25) is 0 Å². The van der Waals surface area contributed by atoms with Gasteiger partial charge in [0.15, 0.2) is 0 Å². The number of aliphatic carboxylic acids is 1. The SMILES string of the molecule is CC1CCCCC1(NC(=O)C1=COCCO1)C(=O)O. The minimum absolute atomic E-state index is 0.0460. The molecule has 2 unspecified atom stereocenters. The molecule has 0 aromatic carbocycles. The van der Waals surface area contributed by atoms with E-state index in [1.165, 1.54) is 6.26 Å². The van der Waals surface area contributed by atoms with Crippen LogP contribution >= 0.6 is 0 Å². The second-order valence-corrected chi connectivity index (χ2v) is 5.08. The summed E-state index contributed by atoms with van der Waals surface area (Å²) in [4.78, 5) is 23.7. The molecule has 1 amide bonds. The van der Waals surface area contributed by atoms with Gasteiger partial charge >= 0.3 is 5.97 Å². The molecule has 1 saturated carbocycles. The molecule has 0 aromatic rings. The van der Waals surface area contributed by atoms with Gasteiger partial charge in [0.05, 0.1) is 0 Å². The van der Waals surface area contributed by atoms with Crippen molar-refractivity contribution in [2.45, 2.75) is 38.1 Å². The highest BCUT2D eigenvalue weighted by molar-refractivity contribution is 5.95. The molecule has 0 spiro atoms. The first kappa shape index (κ1) is 13.7. The van der Waals surface area contributed by atoms with Crippen LogP contribution in [0.1, 0.15) is 32.6 Å². The molecule has 0 radical (unpaired) electrons. The van der Waals surface area contributed by atoms with Crippen LogP contribution in [0.5, 0.6) is 0 Å². The van der Waals surface area contributed by atoms with Crippen LogP contribution in [0.4, 0.5) is 0 Å². The lowest BCUT2D eigenvalue weighted by Crippen LogP contribution is -2.60. The summed E-state index contributed by atoms with van der Waals surface area (Å²) >= 11 is 0. The van der Waals surface area contributed by atoms with E-state index in [2.05, 4.69) is 5.32 Å². The van der Waals surface area contributed by atoms with Crippen LogP contribution in [0.25, 0.3) is 0 Å². The quantitative estimate of drug-likeness (QED) is 0.799. The largest absolute Gasteiger partial charge is 0.494 e. The number of nitrogens with one attached hydrogen (secondary N) is 1. The van der Waals surface area contributed by atoms with E-state index in [0.29, 0.717) is 19.6 Å². The summed E-state index contributed by atoms with van der Waals surface area (Å²) in [7, 11) is 0. The van der Waals surface area contributed by atoms with Crippen molar-refractivity contribution in [3.8, 4) is 0 Å². The molecule has 2 N–H and O–H groups in total. The van der Waals surface area contributed by atoms with Gasteiger partial charge in [0.25, 0.3) is 5.91 Å². The molecular weight excluding hydrogens is 250 g/mol. The van der Waals surface area contributed by atoms with E-state index >= 15 is 0 Å². The number of carbonyl (C=O) groups excluding carboxylic acids is 1. The van der Waals surface area contributed by atoms with Crippen LogP contribution in [0, 0.1) is 5.92 Å². The number of ether oxygens (including phenoxy) is 2. The number of carboxylic acid groups (broad SMARTS) is 1. The fourth-order valence-corrected chi connectivity index (χ4v) is 2.66. The van der Waals surface area contributed by atoms with E-state index in [-0.39, 0.29) is 11.7 Å². The molecule has 1 heterocycles. The Morgan fingerprint density at radius 2 is 2.21 bits per heavy atom. The topological polar surface area (TPSA) is 84.9 Å². The molecule has 2 atom stereocenters. The lowest BCUT2D eigenvalue weighted by atomic mass is 9.73. The summed E-state index contributed by atoms with van der Waals surface area (Å²) in [6.07, 6.45) is 4.27.